The van der Waals surface area contributed by atoms with E-state index in [-0.39, 0.29) is 4.90 Å². The van der Waals surface area contributed by atoms with Gasteiger partial charge in [0.2, 0.25) is 10.0 Å². The van der Waals surface area contributed by atoms with E-state index >= 15 is 0 Å². The van der Waals surface area contributed by atoms with Gasteiger partial charge in [0.15, 0.2) is 0 Å². The van der Waals surface area contributed by atoms with E-state index in [0.717, 1.165) is 28.3 Å². The van der Waals surface area contributed by atoms with Crippen LogP contribution < -0.4 is 4.74 Å². The molecule has 7 heteroatoms. The Balaban J connectivity index is 1.92. The van der Waals surface area contributed by atoms with Gasteiger partial charge in [-0.15, -0.1) is 0 Å². The average molecular weight is 450 g/mol. The van der Waals surface area contributed by atoms with Gasteiger partial charge in [-0.1, -0.05) is 56.3 Å². The summed E-state index contributed by atoms with van der Waals surface area (Å²) < 4.78 is 35.2. The Labute approximate surface area is 189 Å². The summed E-state index contributed by atoms with van der Waals surface area (Å²) in [6.45, 7) is 4.53. The van der Waals surface area contributed by atoms with Crippen LogP contribution in [0.15, 0.2) is 77.7 Å². The SMILES string of the molecule is CCN(CC)S(=O)(=O)c1ccc2c(c1)nc(Cc1ccccc1)n2-c1ccccc1OC. The third kappa shape index (κ3) is 4.01. The molecular formula is C25H27N3O3S. The minimum absolute atomic E-state index is 0.254. The first kappa shape index (κ1) is 22.0. The largest absolute Gasteiger partial charge is 0.495 e. The Morgan fingerprint density at radius 3 is 2.31 bits per heavy atom. The van der Waals surface area contributed by atoms with Crippen molar-refractivity contribution in [3.05, 3.63) is 84.2 Å². The molecular weight excluding hydrogens is 422 g/mol. The van der Waals surface area contributed by atoms with E-state index in [1.165, 1.54) is 4.31 Å². The zero-order valence-corrected chi connectivity index (χ0v) is 19.3. The number of benzene rings is 3. The fourth-order valence-corrected chi connectivity index (χ4v) is 5.44. The van der Waals surface area contributed by atoms with Crippen LogP contribution in [0.3, 0.4) is 0 Å². The summed E-state index contributed by atoms with van der Waals surface area (Å²) in [5, 5.41) is 0. The Morgan fingerprint density at radius 2 is 1.62 bits per heavy atom. The Morgan fingerprint density at radius 1 is 0.938 bits per heavy atom. The molecule has 1 heterocycles. The monoisotopic (exact) mass is 449 g/mol. The second-order valence-electron chi connectivity index (χ2n) is 7.44. The number of methoxy groups -OCH3 is 1. The number of imidazole rings is 1. The number of aromatic nitrogens is 2. The van der Waals surface area contributed by atoms with E-state index in [1.807, 2.05) is 62.4 Å². The van der Waals surface area contributed by atoms with Crippen LogP contribution in [0.2, 0.25) is 0 Å². The third-order valence-electron chi connectivity index (χ3n) is 5.57. The van der Waals surface area contributed by atoms with Crippen LogP contribution in [0.25, 0.3) is 16.7 Å². The lowest BCUT2D eigenvalue weighted by molar-refractivity contribution is 0.413. The molecule has 166 valence electrons. The summed E-state index contributed by atoms with van der Waals surface area (Å²) in [7, 11) is -1.93. The van der Waals surface area contributed by atoms with Crippen LogP contribution in [0.1, 0.15) is 25.2 Å². The minimum Gasteiger partial charge on any atom is -0.495 e. The van der Waals surface area contributed by atoms with Gasteiger partial charge in [0.25, 0.3) is 0 Å². The number of ether oxygens (including phenoxy) is 1. The van der Waals surface area contributed by atoms with Gasteiger partial charge in [0, 0.05) is 19.5 Å². The number of sulfonamides is 1. The van der Waals surface area contributed by atoms with Crippen molar-refractivity contribution < 1.29 is 13.2 Å². The molecule has 6 nitrogen and oxygen atoms in total. The second kappa shape index (κ2) is 9.14. The third-order valence-corrected chi connectivity index (χ3v) is 7.62. The van der Waals surface area contributed by atoms with Gasteiger partial charge < -0.3 is 4.74 Å². The van der Waals surface area contributed by atoms with Gasteiger partial charge in [-0.3, -0.25) is 4.57 Å². The van der Waals surface area contributed by atoms with E-state index in [1.54, 1.807) is 19.2 Å². The molecule has 0 N–H and O–H groups in total. The highest BCUT2D eigenvalue weighted by molar-refractivity contribution is 7.89. The topological polar surface area (TPSA) is 64.4 Å². The van der Waals surface area contributed by atoms with Gasteiger partial charge in [0.05, 0.1) is 28.7 Å². The number of para-hydroxylation sites is 2. The molecule has 0 aliphatic carbocycles. The molecule has 4 aromatic rings. The number of nitrogens with zero attached hydrogens (tertiary/aromatic N) is 3. The predicted octanol–water partition coefficient (Wildman–Crippen LogP) is 4.66. The molecule has 0 amide bonds. The number of fused-ring (bicyclic) bond motifs is 1. The van der Waals surface area contributed by atoms with Crippen molar-refractivity contribution in [1.29, 1.82) is 0 Å². The molecule has 0 aliphatic heterocycles. The molecule has 4 rings (SSSR count). The highest BCUT2D eigenvalue weighted by atomic mass is 32.2. The van der Waals surface area contributed by atoms with Crippen molar-refractivity contribution in [3.8, 4) is 11.4 Å². The van der Waals surface area contributed by atoms with Crippen molar-refractivity contribution in [2.24, 2.45) is 0 Å². The molecule has 0 saturated carbocycles. The Kier molecular flexibility index (Phi) is 6.30. The van der Waals surface area contributed by atoms with Gasteiger partial charge in [-0.05, 0) is 35.9 Å². The van der Waals surface area contributed by atoms with E-state index in [0.29, 0.717) is 25.0 Å². The lowest BCUT2D eigenvalue weighted by Crippen LogP contribution is -2.30. The summed E-state index contributed by atoms with van der Waals surface area (Å²) >= 11 is 0. The molecule has 0 bridgehead atoms. The maximum absolute atomic E-state index is 13.1. The van der Waals surface area contributed by atoms with Crippen LogP contribution in [0.4, 0.5) is 0 Å². The Bertz CT molecular complexity index is 1330. The smallest absolute Gasteiger partial charge is 0.243 e. The minimum atomic E-state index is -3.57. The normalized spacial score (nSPS) is 11.9. The summed E-state index contributed by atoms with van der Waals surface area (Å²) in [5.74, 6) is 1.54. The maximum atomic E-state index is 13.1. The second-order valence-corrected chi connectivity index (χ2v) is 9.38. The van der Waals surface area contributed by atoms with Crippen LogP contribution in [-0.2, 0) is 16.4 Å². The summed E-state index contributed by atoms with van der Waals surface area (Å²) in [4.78, 5) is 5.12. The van der Waals surface area contributed by atoms with Crippen molar-refractivity contribution in [2.45, 2.75) is 25.2 Å². The molecule has 0 atom stereocenters. The average Bonchev–Trinajstić information content (AvgIpc) is 3.17. The van der Waals surface area contributed by atoms with Crippen LogP contribution in [-0.4, -0.2) is 42.5 Å². The van der Waals surface area contributed by atoms with E-state index in [2.05, 4.69) is 16.7 Å². The van der Waals surface area contributed by atoms with E-state index < -0.39 is 10.0 Å². The quantitative estimate of drug-likeness (QED) is 0.393. The molecule has 0 saturated heterocycles. The highest BCUT2D eigenvalue weighted by Crippen LogP contribution is 2.31. The molecule has 3 aromatic carbocycles. The molecule has 0 spiro atoms. The lowest BCUT2D eigenvalue weighted by Gasteiger charge is -2.18. The Hall–Kier alpha value is -3.16. The van der Waals surface area contributed by atoms with Gasteiger partial charge in [0.1, 0.15) is 11.6 Å². The zero-order valence-electron chi connectivity index (χ0n) is 18.5. The van der Waals surface area contributed by atoms with Crippen molar-refractivity contribution in [3.63, 3.8) is 0 Å². The highest BCUT2D eigenvalue weighted by Gasteiger charge is 2.24. The van der Waals surface area contributed by atoms with Gasteiger partial charge in [-0.2, -0.15) is 4.31 Å². The zero-order chi connectivity index (χ0) is 22.7. The van der Waals surface area contributed by atoms with Gasteiger partial charge in [-0.25, -0.2) is 13.4 Å². The number of rotatable bonds is 8. The molecule has 0 radical (unpaired) electrons. The molecule has 0 aliphatic rings. The first-order chi connectivity index (χ1) is 15.5. The predicted molar refractivity (Wildman–Crippen MR) is 127 cm³/mol. The number of hydrogen-bond acceptors (Lipinski definition) is 4. The summed E-state index contributed by atoms with van der Waals surface area (Å²) in [6, 6.07) is 23.0. The molecule has 0 fully saturated rings. The van der Waals surface area contributed by atoms with Crippen LogP contribution >= 0.6 is 0 Å². The molecule has 0 unspecified atom stereocenters. The first-order valence-electron chi connectivity index (χ1n) is 10.7. The fourth-order valence-electron chi connectivity index (χ4n) is 3.96. The summed E-state index contributed by atoms with van der Waals surface area (Å²) in [5.41, 5.74) is 3.45. The summed E-state index contributed by atoms with van der Waals surface area (Å²) in [6.07, 6.45) is 0.603. The first-order valence-corrected chi connectivity index (χ1v) is 12.1. The van der Waals surface area contributed by atoms with Crippen molar-refractivity contribution in [1.82, 2.24) is 13.9 Å². The lowest BCUT2D eigenvalue weighted by atomic mass is 10.1. The molecule has 32 heavy (non-hydrogen) atoms. The molecule has 1 aromatic heterocycles. The van der Waals surface area contributed by atoms with E-state index in [9.17, 15) is 8.42 Å². The van der Waals surface area contributed by atoms with Crippen molar-refractivity contribution in [2.75, 3.05) is 20.2 Å². The van der Waals surface area contributed by atoms with Crippen LogP contribution in [0, 0.1) is 0 Å². The standard InChI is InChI=1S/C25H27N3O3S/c1-4-27(5-2)32(29,30)20-15-16-22-21(18-20)26-25(17-19-11-7-6-8-12-19)28(22)23-13-9-10-14-24(23)31-3/h6-16,18H,4-5,17H2,1-3H3. The fraction of sp³-hybridized carbons (Fsp3) is 0.240. The maximum Gasteiger partial charge on any atom is 0.243 e. The van der Waals surface area contributed by atoms with Gasteiger partial charge >= 0.3 is 0 Å². The van der Waals surface area contributed by atoms with E-state index in [4.69, 9.17) is 9.72 Å². The van der Waals surface area contributed by atoms with Crippen molar-refractivity contribution >= 4 is 21.1 Å². The number of hydrogen-bond donors (Lipinski definition) is 0. The van der Waals surface area contributed by atoms with Crippen LogP contribution in [0.5, 0.6) is 5.75 Å².